The number of anilines is 1. The third kappa shape index (κ3) is 4.38. The van der Waals surface area contributed by atoms with Crippen molar-refractivity contribution in [3.05, 3.63) is 46.9 Å². The lowest BCUT2D eigenvalue weighted by Gasteiger charge is -2.49. The molecule has 1 spiro atoms. The second-order valence-electron chi connectivity index (χ2n) is 9.90. The van der Waals surface area contributed by atoms with E-state index in [0.29, 0.717) is 5.65 Å². The lowest BCUT2D eigenvalue weighted by Crippen LogP contribution is -2.58. The summed E-state index contributed by atoms with van der Waals surface area (Å²) in [5.41, 5.74) is 3.87. The van der Waals surface area contributed by atoms with Crippen molar-refractivity contribution in [1.29, 1.82) is 0 Å². The molecule has 34 heavy (non-hydrogen) atoms. The van der Waals surface area contributed by atoms with Crippen LogP contribution in [0.4, 0.5) is 5.82 Å². The zero-order valence-corrected chi connectivity index (χ0v) is 20.1. The van der Waals surface area contributed by atoms with Crippen LogP contribution in [0.2, 0.25) is 5.28 Å². The molecule has 0 amide bonds. The number of hydrogen-bond acceptors (Lipinski definition) is 8. The van der Waals surface area contributed by atoms with Gasteiger partial charge in [-0.2, -0.15) is 15.1 Å². The van der Waals surface area contributed by atoms with E-state index >= 15 is 0 Å². The van der Waals surface area contributed by atoms with Crippen molar-refractivity contribution in [3.8, 4) is 0 Å². The summed E-state index contributed by atoms with van der Waals surface area (Å²) in [6.07, 6.45) is 5.37. The van der Waals surface area contributed by atoms with E-state index < -0.39 is 5.79 Å². The number of rotatable bonds is 3. The minimum absolute atomic E-state index is 0.0219. The van der Waals surface area contributed by atoms with Crippen molar-refractivity contribution >= 4 is 28.5 Å². The topological polar surface area (TPSA) is 117 Å². The molecule has 0 radical (unpaired) electrons. The van der Waals surface area contributed by atoms with Gasteiger partial charge in [0.1, 0.15) is 5.82 Å². The molecule has 2 aliphatic heterocycles. The van der Waals surface area contributed by atoms with Gasteiger partial charge < -0.3 is 25.0 Å². The van der Waals surface area contributed by atoms with Crippen LogP contribution in [0.1, 0.15) is 50.5 Å². The fourth-order valence-electron chi connectivity index (χ4n) is 5.26. The van der Waals surface area contributed by atoms with E-state index in [-0.39, 0.29) is 29.6 Å². The second-order valence-corrected chi connectivity index (χ2v) is 10.2. The molecule has 3 aliphatic rings. The van der Waals surface area contributed by atoms with Gasteiger partial charge in [-0.25, -0.2) is 4.68 Å². The standard InChI is InChI=1S/C21H22ClN5O2.C3H8O2/c22-20-24-18(26-11-21(12-26)8-7-13-3-1-2-4-16(13)21)15-9-23-27(19(15)25-20)17-6-5-14(10-28)29-17;1-3(2,4)5/h1-4,9,14,17,28H,5-8,10-12H2;4-5H,1-2H3. The Bertz CT molecular complexity index is 1180. The maximum atomic E-state index is 9.36. The fourth-order valence-corrected chi connectivity index (χ4v) is 5.42. The molecule has 10 heteroatoms. The van der Waals surface area contributed by atoms with E-state index in [9.17, 15) is 5.11 Å². The highest BCUT2D eigenvalue weighted by Crippen LogP contribution is 2.47. The number of hydrogen-bond donors (Lipinski definition) is 3. The van der Waals surface area contributed by atoms with Crippen LogP contribution in [-0.2, 0) is 16.6 Å². The Labute approximate surface area is 203 Å². The highest BCUT2D eigenvalue weighted by molar-refractivity contribution is 6.28. The Kier molecular flexibility index (Phi) is 6.02. The Morgan fingerprint density at radius 2 is 1.91 bits per heavy atom. The van der Waals surface area contributed by atoms with Gasteiger partial charge in [-0.3, -0.25) is 0 Å². The summed E-state index contributed by atoms with van der Waals surface area (Å²) in [5.74, 6) is -0.655. The van der Waals surface area contributed by atoms with Crippen molar-refractivity contribution < 1.29 is 20.1 Å². The summed E-state index contributed by atoms with van der Waals surface area (Å²) in [4.78, 5) is 11.3. The maximum Gasteiger partial charge on any atom is 0.226 e. The number of benzene rings is 1. The molecular weight excluding hydrogens is 458 g/mol. The van der Waals surface area contributed by atoms with Crippen LogP contribution in [0, 0.1) is 0 Å². The number of aliphatic hydroxyl groups excluding tert-OH is 1. The summed E-state index contributed by atoms with van der Waals surface area (Å²) in [6, 6.07) is 8.79. The lowest BCUT2D eigenvalue weighted by molar-refractivity contribution is -0.127. The number of aryl methyl sites for hydroxylation is 1. The van der Waals surface area contributed by atoms with Gasteiger partial charge >= 0.3 is 0 Å². The average molecular weight is 488 g/mol. The van der Waals surface area contributed by atoms with Crippen molar-refractivity contribution in [2.24, 2.45) is 0 Å². The molecule has 2 atom stereocenters. The largest absolute Gasteiger partial charge is 0.394 e. The first-order valence-corrected chi connectivity index (χ1v) is 12.0. The van der Waals surface area contributed by atoms with Crippen LogP contribution in [0.25, 0.3) is 11.0 Å². The molecule has 2 unspecified atom stereocenters. The monoisotopic (exact) mass is 487 g/mol. The Hall–Kier alpha value is -2.30. The van der Waals surface area contributed by atoms with E-state index in [1.165, 1.54) is 31.4 Å². The Morgan fingerprint density at radius 1 is 1.18 bits per heavy atom. The number of fused-ring (bicyclic) bond motifs is 3. The molecule has 2 aromatic heterocycles. The third-order valence-corrected chi connectivity index (χ3v) is 6.89. The van der Waals surface area contributed by atoms with E-state index in [4.69, 9.17) is 26.6 Å². The highest BCUT2D eigenvalue weighted by atomic mass is 35.5. The quantitative estimate of drug-likeness (QED) is 0.381. The second kappa shape index (κ2) is 8.73. The minimum atomic E-state index is -1.50. The van der Waals surface area contributed by atoms with Gasteiger partial charge in [0.25, 0.3) is 0 Å². The normalized spacial score (nSPS) is 23.1. The zero-order chi connectivity index (χ0) is 24.1. The fraction of sp³-hybridized carbons (Fsp3) is 0.542. The predicted octanol–water partition coefficient (Wildman–Crippen LogP) is 2.56. The van der Waals surface area contributed by atoms with E-state index in [1.54, 1.807) is 4.68 Å². The third-order valence-electron chi connectivity index (χ3n) is 6.72. The molecule has 2 fully saturated rings. The Morgan fingerprint density at radius 3 is 2.62 bits per heavy atom. The first kappa shape index (κ1) is 23.4. The van der Waals surface area contributed by atoms with Crippen LogP contribution >= 0.6 is 11.6 Å². The van der Waals surface area contributed by atoms with E-state index in [0.717, 1.165) is 43.6 Å². The molecule has 3 aromatic rings. The van der Waals surface area contributed by atoms with E-state index in [1.807, 2.05) is 6.20 Å². The summed E-state index contributed by atoms with van der Waals surface area (Å²) in [7, 11) is 0. The average Bonchev–Trinajstić information content (AvgIpc) is 3.47. The molecule has 1 aliphatic carbocycles. The summed E-state index contributed by atoms with van der Waals surface area (Å²) < 4.78 is 7.67. The number of aliphatic hydroxyl groups is 3. The molecule has 4 heterocycles. The van der Waals surface area contributed by atoms with Crippen LogP contribution < -0.4 is 4.90 Å². The molecule has 0 bridgehead atoms. The molecule has 1 aromatic carbocycles. The van der Waals surface area contributed by atoms with Crippen LogP contribution in [0.15, 0.2) is 30.5 Å². The van der Waals surface area contributed by atoms with Gasteiger partial charge in [-0.05, 0) is 62.3 Å². The van der Waals surface area contributed by atoms with Crippen molar-refractivity contribution in [2.45, 2.75) is 63.1 Å². The van der Waals surface area contributed by atoms with Crippen molar-refractivity contribution in [2.75, 3.05) is 24.6 Å². The Balaban J connectivity index is 0.000000439. The number of ether oxygens (including phenoxy) is 1. The van der Waals surface area contributed by atoms with Crippen molar-refractivity contribution in [3.63, 3.8) is 0 Å². The van der Waals surface area contributed by atoms with Gasteiger partial charge in [0.05, 0.1) is 24.3 Å². The van der Waals surface area contributed by atoms with Gasteiger partial charge in [0.15, 0.2) is 17.7 Å². The lowest BCUT2D eigenvalue weighted by atomic mass is 9.75. The SMILES string of the molecule is CC(C)(O)O.OCC1CCC(n2ncc3c(N4CC5(CCc6ccccc65)C4)nc(Cl)nc32)O1. The molecule has 0 saturated carbocycles. The van der Waals surface area contributed by atoms with Gasteiger partial charge in [0.2, 0.25) is 5.28 Å². The zero-order valence-electron chi connectivity index (χ0n) is 19.4. The first-order valence-electron chi connectivity index (χ1n) is 11.6. The molecule has 9 nitrogen and oxygen atoms in total. The summed E-state index contributed by atoms with van der Waals surface area (Å²) >= 11 is 6.30. The highest BCUT2D eigenvalue weighted by Gasteiger charge is 2.49. The van der Waals surface area contributed by atoms with Crippen LogP contribution in [0.5, 0.6) is 0 Å². The first-order chi connectivity index (χ1) is 16.2. The molecule has 2 saturated heterocycles. The number of aromatic nitrogens is 4. The molecule has 6 rings (SSSR count). The number of halogens is 1. The van der Waals surface area contributed by atoms with Gasteiger partial charge in [-0.1, -0.05) is 24.3 Å². The van der Waals surface area contributed by atoms with Crippen LogP contribution in [-0.4, -0.2) is 66.7 Å². The van der Waals surface area contributed by atoms with E-state index in [2.05, 4.69) is 44.2 Å². The number of nitrogens with zero attached hydrogens (tertiary/aromatic N) is 5. The minimum Gasteiger partial charge on any atom is -0.394 e. The smallest absolute Gasteiger partial charge is 0.226 e. The summed E-state index contributed by atoms with van der Waals surface area (Å²) in [5, 5.41) is 31.2. The van der Waals surface area contributed by atoms with Gasteiger partial charge in [0, 0.05) is 18.5 Å². The van der Waals surface area contributed by atoms with Gasteiger partial charge in [-0.15, -0.1) is 0 Å². The summed E-state index contributed by atoms with van der Waals surface area (Å²) in [6.45, 7) is 4.49. The van der Waals surface area contributed by atoms with Crippen molar-refractivity contribution in [1.82, 2.24) is 19.7 Å². The predicted molar refractivity (Wildman–Crippen MR) is 128 cm³/mol. The van der Waals surface area contributed by atoms with Crippen LogP contribution in [0.3, 0.4) is 0 Å². The molecule has 182 valence electrons. The molecule has 3 N–H and O–H groups in total. The maximum absolute atomic E-state index is 9.36. The molecular formula is C24H30ClN5O4.